The van der Waals surface area contributed by atoms with Crippen molar-refractivity contribution in [1.82, 2.24) is 14.0 Å². The molecule has 0 N–H and O–H groups in total. The number of nitrogens with zero attached hydrogens (tertiary/aromatic N) is 4. The highest BCUT2D eigenvalue weighted by Crippen LogP contribution is 2.55. The smallest absolute Gasteiger partial charge is 0.220 e. The molecule has 12 rings (SSSR count). The van der Waals surface area contributed by atoms with Gasteiger partial charge in [0.2, 0.25) is 5.78 Å². The summed E-state index contributed by atoms with van der Waals surface area (Å²) in [7, 11) is 0. The van der Waals surface area contributed by atoms with Gasteiger partial charge in [0, 0.05) is 17.3 Å². The predicted octanol–water partition coefficient (Wildman–Crippen LogP) is 12.8. The first-order valence-electron chi connectivity index (χ1n) is 19.3. The van der Waals surface area contributed by atoms with E-state index in [2.05, 4.69) is 203 Å². The normalized spacial score (nSPS) is 15.6. The predicted molar refractivity (Wildman–Crippen MR) is 230 cm³/mol. The molecule has 4 nitrogen and oxygen atoms in total. The van der Waals surface area contributed by atoms with Gasteiger partial charge in [-0.15, -0.1) is 0 Å². The fourth-order valence-corrected chi connectivity index (χ4v) is 9.40. The Labute approximate surface area is 324 Å². The zero-order valence-corrected chi connectivity index (χ0v) is 30.4. The van der Waals surface area contributed by atoms with E-state index in [1.165, 1.54) is 61.3 Å². The first-order valence-corrected chi connectivity index (χ1v) is 19.3. The van der Waals surface area contributed by atoms with Crippen LogP contribution in [0.1, 0.15) is 34.1 Å². The monoisotopic (exact) mass is 714 g/mol. The number of aliphatic imine (C=N–C) groups is 1. The van der Waals surface area contributed by atoms with Gasteiger partial charge in [-0.05, 0) is 98.1 Å². The van der Waals surface area contributed by atoms with Crippen molar-refractivity contribution in [2.24, 2.45) is 4.99 Å². The molecule has 10 aromatic rings. The van der Waals surface area contributed by atoms with Gasteiger partial charge in [-0.25, -0.2) is 4.98 Å². The van der Waals surface area contributed by atoms with Crippen molar-refractivity contribution in [2.75, 3.05) is 0 Å². The number of rotatable bonds is 5. The number of hydrogen-bond acceptors (Lipinski definition) is 2. The highest BCUT2D eigenvalue weighted by atomic mass is 15.2. The largest absolute Gasteiger partial charge is 0.278 e. The van der Waals surface area contributed by atoms with E-state index < -0.39 is 0 Å². The SMILES string of the molecule is c1ccc(-c2ccc(C3C4=Nc5ccccc5C4c4cccc(-c5ccc6c(c5)n5c7ccccc7nc5n6-c5ccc(-c6ccccc6)cc5)c43)cc2)cc1. The maximum absolute atomic E-state index is 5.38. The molecule has 0 spiro atoms. The second kappa shape index (κ2) is 12.1. The molecule has 0 saturated heterocycles. The number of aromatic nitrogens is 3. The first-order chi connectivity index (χ1) is 27.8. The molecule has 4 heteroatoms. The maximum Gasteiger partial charge on any atom is 0.220 e. The van der Waals surface area contributed by atoms with Crippen LogP contribution in [-0.2, 0) is 0 Å². The van der Waals surface area contributed by atoms with Gasteiger partial charge in [0.15, 0.2) is 0 Å². The second-order valence-corrected chi connectivity index (χ2v) is 14.9. The molecule has 1 aliphatic heterocycles. The average Bonchev–Trinajstić information content (AvgIpc) is 4.01. The highest BCUT2D eigenvalue weighted by Gasteiger charge is 2.44. The summed E-state index contributed by atoms with van der Waals surface area (Å²) >= 11 is 0. The van der Waals surface area contributed by atoms with Crippen molar-refractivity contribution in [1.29, 1.82) is 0 Å². The van der Waals surface area contributed by atoms with Gasteiger partial charge >= 0.3 is 0 Å². The Balaban J connectivity index is 1.05. The summed E-state index contributed by atoms with van der Waals surface area (Å²) < 4.78 is 4.63. The molecule has 0 amide bonds. The maximum atomic E-state index is 5.38. The molecular formula is C52H34N4. The van der Waals surface area contributed by atoms with Crippen LogP contribution in [0.4, 0.5) is 5.69 Å². The Hall–Kier alpha value is -7.30. The van der Waals surface area contributed by atoms with E-state index in [-0.39, 0.29) is 11.8 Å². The lowest BCUT2D eigenvalue weighted by Gasteiger charge is -2.18. The Kier molecular flexibility index (Phi) is 6.72. The summed E-state index contributed by atoms with van der Waals surface area (Å²) in [6.07, 6.45) is 0. The van der Waals surface area contributed by atoms with E-state index in [1.54, 1.807) is 0 Å². The molecule has 0 fully saturated rings. The lowest BCUT2D eigenvalue weighted by Crippen LogP contribution is -2.10. The molecular weight excluding hydrogens is 681 g/mol. The van der Waals surface area contributed by atoms with Gasteiger partial charge in [-0.2, -0.15) is 0 Å². The zero-order valence-electron chi connectivity index (χ0n) is 30.4. The van der Waals surface area contributed by atoms with Crippen molar-refractivity contribution >= 4 is 39.2 Å². The van der Waals surface area contributed by atoms with E-state index in [9.17, 15) is 0 Å². The molecule has 8 aromatic carbocycles. The fraction of sp³-hybridized carbons (Fsp3) is 0.0385. The molecule has 0 saturated carbocycles. The van der Waals surface area contributed by atoms with Crippen LogP contribution in [0.15, 0.2) is 199 Å². The van der Waals surface area contributed by atoms with Crippen molar-refractivity contribution in [2.45, 2.75) is 11.8 Å². The molecule has 262 valence electrons. The van der Waals surface area contributed by atoms with Crippen LogP contribution in [0.2, 0.25) is 0 Å². The molecule has 1 aliphatic carbocycles. The number of imidazole rings is 2. The van der Waals surface area contributed by atoms with Crippen LogP contribution in [0, 0.1) is 0 Å². The van der Waals surface area contributed by atoms with Crippen LogP contribution in [-0.4, -0.2) is 19.7 Å². The van der Waals surface area contributed by atoms with E-state index >= 15 is 0 Å². The van der Waals surface area contributed by atoms with Gasteiger partial charge < -0.3 is 0 Å². The van der Waals surface area contributed by atoms with Crippen LogP contribution in [0.25, 0.3) is 66.9 Å². The molecule has 2 atom stereocenters. The Bertz CT molecular complexity index is 3170. The summed E-state index contributed by atoms with van der Waals surface area (Å²) in [5.74, 6) is 1.06. The van der Waals surface area contributed by atoms with Gasteiger partial charge in [0.25, 0.3) is 0 Å². The minimum Gasteiger partial charge on any atom is -0.278 e. The number of para-hydroxylation sites is 3. The molecule has 3 heterocycles. The first kappa shape index (κ1) is 31.1. The van der Waals surface area contributed by atoms with Crippen LogP contribution < -0.4 is 0 Å². The lowest BCUT2D eigenvalue weighted by molar-refractivity contribution is 1.10. The van der Waals surface area contributed by atoms with E-state index in [0.29, 0.717) is 0 Å². The average molecular weight is 715 g/mol. The Morgan fingerprint density at radius 2 is 1.05 bits per heavy atom. The van der Waals surface area contributed by atoms with Crippen molar-refractivity contribution in [3.63, 3.8) is 0 Å². The van der Waals surface area contributed by atoms with Crippen molar-refractivity contribution in [3.8, 4) is 39.1 Å². The van der Waals surface area contributed by atoms with E-state index in [4.69, 9.17) is 9.98 Å². The highest BCUT2D eigenvalue weighted by molar-refractivity contribution is 6.12. The molecule has 2 unspecified atom stereocenters. The van der Waals surface area contributed by atoms with E-state index in [1.807, 2.05) is 0 Å². The van der Waals surface area contributed by atoms with Crippen LogP contribution >= 0.6 is 0 Å². The molecule has 0 bridgehead atoms. The summed E-state index contributed by atoms with van der Waals surface area (Å²) in [6, 6.07) is 70.1. The second-order valence-electron chi connectivity index (χ2n) is 14.9. The third kappa shape index (κ3) is 4.59. The summed E-state index contributed by atoms with van der Waals surface area (Å²) in [5.41, 5.74) is 20.2. The minimum absolute atomic E-state index is 0.0286. The number of fused-ring (bicyclic) bond motifs is 10. The van der Waals surface area contributed by atoms with Crippen LogP contribution in [0.3, 0.4) is 0 Å². The van der Waals surface area contributed by atoms with Crippen molar-refractivity contribution < 1.29 is 0 Å². The van der Waals surface area contributed by atoms with Crippen molar-refractivity contribution in [3.05, 3.63) is 216 Å². The third-order valence-corrected chi connectivity index (χ3v) is 11.9. The Morgan fingerprint density at radius 3 is 1.82 bits per heavy atom. The van der Waals surface area contributed by atoms with Gasteiger partial charge in [-0.1, -0.05) is 152 Å². The Morgan fingerprint density at radius 1 is 0.429 bits per heavy atom. The van der Waals surface area contributed by atoms with Gasteiger partial charge in [-0.3, -0.25) is 14.0 Å². The van der Waals surface area contributed by atoms with Crippen LogP contribution in [0.5, 0.6) is 0 Å². The molecule has 2 aromatic heterocycles. The minimum atomic E-state index is 0.0286. The van der Waals surface area contributed by atoms with E-state index in [0.717, 1.165) is 39.2 Å². The number of hydrogen-bond donors (Lipinski definition) is 0. The third-order valence-electron chi connectivity index (χ3n) is 11.9. The van der Waals surface area contributed by atoms with Gasteiger partial charge in [0.1, 0.15) is 0 Å². The lowest BCUT2D eigenvalue weighted by atomic mass is 9.86. The fourth-order valence-electron chi connectivity index (χ4n) is 9.40. The molecule has 2 aliphatic rings. The van der Waals surface area contributed by atoms with Gasteiger partial charge in [0.05, 0.1) is 33.7 Å². The summed E-state index contributed by atoms with van der Waals surface area (Å²) in [6.45, 7) is 0. The molecule has 0 radical (unpaired) electrons. The number of benzene rings is 8. The zero-order chi connectivity index (χ0) is 36.7. The molecule has 56 heavy (non-hydrogen) atoms. The summed E-state index contributed by atoms with van der Waals surface area (Å²) in [5, 5.41) is 0. The summed E-state index contributed by atoms with van der Waals surface area (Å²) in [4.78, 5) is 10.6. The quantitative estimate of drug-likeness (QED) is 0.175. The standard InChI is InChI=1S/C52H34N4/c1-3-12-33(13-4-1)35-22-24-37(25-23-35)48-49-40(17-11-18-42(49)50-41-16-7-8-19-43(41)53-51(48)50)38-28-31-46-47(32-38)56-45-21-10-9-20-44(45)54-52(56)55(46)39-29-26-36(27-30-39)34-14-5-2-6-15-34/h1-32,48,50H. The topological polar surface area (TPSA) is 34.6 Å².